The van der Waals surface area contributed by atoms with Crippen molar-refractivity contribution in [2.75, 3.05) is 26.0 Å². The first-order valence-electron chi connectivity index (χ1n) is 8.21. The molecule has 26 heavy (non-hydrogen) atoms. The van der Waals surface area contributed by atoms with Gasteiger partial charge in [0, 0.05) is 34.9 Å². The van der Waals surface area contributed by atoms with Gasteiger partial charge < -0.3 is 10.1 Å². The number of benzene rings is 2. The van der Waals surface area contributed by atoms with E-state index in [9.17, 15) is 4.79 Å². The molecule has 0 bridgehead atoms. The van der Waals surface area contributed by atoms with E-state index in [0.29, 0.717) is 23.0 Å². The fourth-order valence-electron chi connectivity index (χ4n) is 2.82. The lowest BCUT2D eigenvalue weighted by molar-refractivity contribution is -0.117. The lowest BCUT2D eigenvalue weighted by atomic mass is 10.1. The summed E-state index contributed by atoms with van der Waals surface area (Å²) in [6, 6.07) is 14.9. The minimum atomic E-state index is -0.0908. The Bertz CT molecular complexity index is 930. The fraction of sp³-hybridized carbons (Fsp3) is 0.200. The van der Waals surface area contributed by atoms with Crippen LogP contribution < -0.4 is 10.1 Å². The Labute approximate surface area is 157 Å². The first-order valence-corrected chi connectivity index (χ1v) is 8.59. The maximum atomic E-state index is 12.3. The lowest BCUT2D eigenvalue weighted by Crippen LogP contribution is -2.29. The van der Waals surface area contributed by atoms with Crippen LogP contribution in [0.15, 0.2) is 54.7 Å². The SMILES string of the molecule is COc1cccc(NC(=O)CN(C)Cc2ccc(Cl)c3cccnc23)c1. The van der Waals surface area contributed by atoms with E-state index in [1.54, 1.807) is 19.4 Å². The molecule has 0 saturated heterocycles. The molecule has 0 aliphatic heterocycles. The van der Waals surface area contributed by atoms with E-state index in [0.717, 1.165) is 16.5 Å². The average Bonchev–Trinajstić information content (AvgIpc) is 2.64. The van der Waals surface area contributed by atoms with Crippen LogP contribution in [0.5, 0.6) is 5.75 Å². The zero-order chi connectivity index (χ0) is 18.5. The summed E-state index contributed by atoms with van der Waals surface area (Å²) in [6.07, 6.45) is 1.75. The number of likely N-dealkylation sites (N-methyl/N-ethyl adjacent to an activating group) is 1. The highest BCUT2D eigenvalue weighted by Gasteiger charge is 2.11. The van der Waals surface area contributed by atoms with Crippen molar-refractivity contribution in [1.29, 1.82) is 0 Å². The van der Waals surface area contributed by atoms with E-state index in [-0.39, 0.29) is 12.5 Å². The molecule has 1 N–H and O–H groups in total. The van der Waals surface area contributed by atoms with Crippen molar-refractivity contribution < 1.29 is 9.53 Å². The molecule has 2 aromatic carbocycles. The number of hydrogen-bond donors (Lipinski definition) is 1. The Morgan fingerprint density at radius 1 is 1.23 bits per heavy atom. The van der Waals surface area contributed by atoms with Crippen molar-refractivity contribution in [3.05, 3.63) is 65.3 Å². The molecule has 0 spiro atoms. The van der Waals surface area contributed by atoms with Gasteiger partial charge in [-0.3, -0.25) is 14.7 Å². The van der Waals surface area contributed by atoms with Crippen molar-refractivity contribution in [1.82, 2.24) is 9.88 Å². The second kappa shape index (κ2) is 8.17. The number of aromatic nitrogens is 1. The van der Waals surface area contributed by atoms with Crippen molar-refractivity contribution in [3.63, 3.8) is 0 Å². The number of nitrogens with zero attached hydrogens (tertiary/aromatic N) is 2. The van der Waals surface area contributed by atoms with Gasteiger partial charge >= 0.3 is 0 Å². The first kappa shape index (κ1) is 18.2. The molecule has 0 fully saturated rings. The van der Waals surface area contributed by atoms with Crippen LogP contribution in [0.2, 0.25) is 5.02 Å². The zero-order valence-electron chi connectivity index (χ0n) is 14.7. The van der Waals surface area contributed by atoms with Crippen LogP contribution >= 0.6 is 11.6 Å². The summed E-state index contributed by atoms with van der Waals surface area (Å²) < 4.78 is 5.17. The van der Waals surface area contributed by atoms with Crippen LogP contribution in [0.4, 0.5) is 5.69 Å². The molecule has 1 aromatic heterocycles. The molecule has 5 nitrogen and oxygen atoms in total. The van der Waals surface area contributed by atoms with Crippen LogP contribution in [0.25, 0.3) is 10.9 Å². The molecule has 6 heteroatoms. The molecule has 0 radical (unpaired) electrons. The molecule has 0 atom stereocenters. The summed E-state index contributed by atoms with van der Waals surface area (Å²) in [6.45, 7) is 0.852. The molecule has 3 rings (SSSR count). The number of amides is 1. The number of pyridine rings is 1. The quantitative estimate of drug-likeness (QED) is 0.714. The fourth-order valence-corrected chi connectivity index (χ4v) is 3.03. The van der Waals surface area contributed by atoms with Crippen LogP contribution in [-0.2, 0) is 11.3 Å². The number of hydrogen-bond acceptors (Lipinski definition) is 4. The highest BCUT2D eigenvalue weighted by molar-refractivity contribution is 6.35. The summed E-state index contributed by atoms with van der Waals surface area (Å²) in [5.74, 6) is 0.613. The number of fused-ring (bicyclic) bond motifs is 1. The van der Waals surface area contributed by atoms with E-state index in [1.165, 1.54) is 0 Å². The Morgan fingerprint density at radius 2 is 2.08 bits per heavy atom. The molecule has 1 amide bonds. The van der Waals surface area contributed by atoms with Gasteiger partial charge in [-0.2, -0.15) is 0 Å². The molecule has 0 unspecified atom stereocenters. The van der Waals surface area contributed by atoms with Gasteiger partial charge in [0.1, 0.15) is 5.75 Å². The smallest absolute Gasteiger partial charge is 0.238 e. The standard InChI is InChI=1S/C20H20ClN3O2/c1-24(13-19(25)23-15-5-3-6-16(11-15)26-2)12-14-8-9-18(21)17-7-4-10-22-20(14)17/h3-11H,12-13H2,1-2H3,(H,23,25). The minimum Gasteiger partial charge on any atom is -0.497 e. The monoisotopic (exact) mass is 369 g/mol. The van der Waals surface area contributed by atoms with E-state index < -0.39 is 0 Å². The van der Waals surface area contributed by atoms with E-state index in [4.69, 9.17) is 16.3 Å². The molecular weight excluding hydrogens is 350 g/mol. The highest BCUT2D eigenvalue weighted by Crippen LogP contribution is 2.25. The number of carbonyl (C=O) groups is 1. The first-order chi connectivity index (χ1) is 12.6. The van der Waals surface area contributed by atoms with Gasteiger partial charge in [0.15, 0.2) is 0 Å². The van der Waals surface area contributed by atoms with Crippen molar-refractivity contribution >= 4 is 34.1 Å². The van der Waals surface area contributed by atoms with Gasteiger partial charge in [-0.15, -0.1) is 0 Å². The topological polar surface area (TPSA) is 54.5 Å². The number of rotatable bonds is 6. The minimum absolute atomic E-state index is 0.0908. The Kier molecular flexibility index (Phi) is 5.71. The number of ether oxygens (including phenoxy) is 1. The maximum Gasteiger partial charge on any atom is 0.238 e. The molecule has 0 aliphatic rings. The van der Waals surface area contributed by atoms with Crippen molar-refractivity contribution in [2.45, 2.75) is 6.54 Å². The largest absolute Gasteiger partial charge is 0.497 e. The second-order valence-electron chi connectivity index (χ2n) is 6.06. The molecule has 0 aliphatic carbocycles. The number of methoxy groups -OCH3 is 1. The maximum absolute atomic E-state index is 12.3. The average molecular weight is 370 g/mol. The van der Waals surface area contributed by atoms with Crippen LogP contribution in [-0.4, -0.2) is 36.5 Å². The number of halogens is 1. The number of carbonyl (C=O) groups excluding carboxylic acids is 1. The summed E-state index contributed by atoms with van der Waals surface area (Å²) >= 11 is 6.24. The third-order valence-corrected chi connectivity index (χ3v) is 4.34. The Balaban J connectivity index is 1.66. The highest BCUT2D eigenvalue weighted by atomic mass is 35.5. The summed E-state index contributed by atoms with van der Waals surface area (Å²) in [4.78, 5) is 18.7. The predicted molar refractivity (Wildman–Crippen MR) is 105 cm³/mol. The molecule has 3 aromatic rings. The van der Waals surface area contributed by atoms with Crippen LogP contribution in [0.1, 0.15) is 5.56 Å². The van der Waals surface area contributed by atoms with E-state index >= 15 is 0 Å². The van der Waals surface area contributed by atoms with Crippen molar-refractivity contribution in [2.24, 2.45) is 0 Å². The second-order valence-corrected chi connectivity index (χ2v) is 6.47. The van der Waals surface area contributed by atoms with Gasteiger partial charge in [0.2, 0.25) is 5.91 Å². The van der Waals surface area contributed by atoms with Crippen molar-refractivity contribution in [3.8, 4) is 5.75 Å². The molecular formula is C20H20ClN3O2. The Hall–Kier alpha value is -2.63. The van der Waals surface area contributed by atoms with E-state index in [1.807, 2.05) is 54.4 Å². The third kappa shape index (κ3) is 4.31. The molecule has 1 heterocycles. The summed E-state index contributed by atoms with van der Waals surface area (Å²) in [5, 5.41) is 4.48. The van der Waals surface area contributed by atoms with Crippen LogP contribution in [0.3, 0.4) is 0 Å². The molecule has 134 valence electrons. The number of nitrogens with one attached hydrogen (secondary N) is 1. The van der Waals surface area contributed by atoms with Gasteiger partial charge in [0.25, 0.3) is 0 Å². The normalized spacial score (nSPS) is 10.9. The summed E-state index contributed by atoms with van der Waals surface area (Å²) in [7, 11) is 3.49. The van der Waals surface area contributed by atoms with Gasteiger partial charge in [-0.25, -0.2) is 0 Å². The summed E-state index contributed by atoms with van der Waals surface area (Å²) in [5.41, 5.74) is 2.60. The lowest BCUT2D eigenvalue weighted by Gasteiger charge is -2.17. The van der Waals surface area contributed by atoms with Gasteiger partial charge in [-0.05, 0) is 42.9 Å². The van der Waals surface area contributed by atoms with Gasteiger partial charge in [-0.1, -0.05) is 23.7 Å². The number of anilines is 1. The predicted octanol–water partition coefficient (Wildman–Crippen LogP) is 3.97. The third-order valence-electron chi connectivity index (χ3n) is 4.01. The zero-order valence-corrected chi connectivity index (χ0v) is 15.5. The van der Waals surface area contributed by atoms with E-state index in [2.05, 4.69) is 10.3 Å². The van der Waals surface area contributed by atoms with Crippen LogP contribution in [0, 0.1) is 0 Å². The Morgan fingerprint density at radius 3 is 2.88 bits per heavy atom. The van der Waals surface area contributed by atoms with Gasteiger partial charge in [0.05, 0.1) is 19.2 Å². The molecule has 0 saturated carbocycles.